The van der Waals surface area contributed by atoms with E-state index >= 15 is 0 Å². The van der Waals surface area contributed by atoms with Crippen LogP contribution in [-0.2, 0) is 6.54 Å². The number of aliphatic hydroxyl groups is 1. The van der Waals surface area contributed by atoms with E-state index < -0.39 is 6.10 Å². The first-order valence-corrected chi connectivity index (χ1v) is 9.82. The highest BCUT2D eigenvalue weighted by Crippen LogP contribution is 2.31. The van der Waals surface area contributed by atoms with Crippen molar-refractivity contribution >= 4 is 21.9 Å². The second-order valence-electron chi connectivity index (χ2n) is 7.19. The fourth-order valence-electron chi connectivity index (χ4n) is 3.61. The molecule has 2 atom stereocenters. The van der Waals surface area contributed by atoms with Gasteiger partial charge in [0.25, 0.3) is 0 Å². The molecule has 144 valence electrons. The SMILES string of the molecule is CC[NH+](Cc1ccccc1)C[C@H](O)COc1ccc2oc3ccccc3c2c1. The van der Waals surface area contributed by atoms with Gasteiger partial charge < -0.3 is 19.2 Å². The molecule has 0 aliphatic heterocycles. The standard InChI is InChI=1S/C24H25NO3/c1-2-25(15-18-8-4-3-5-9-18)16-19(26)17-27-20-12-13-24-22(14-20)21-10-6-7-11-23(21)28-24/h3-14,19,26H,2,15-17H2,1H3/p+1/t19-/m0/s1. The molecule has 0 aliphatic carbocycles. The number of hydrogen-bond donors (Lipinski definition) is 2. The fourth-order valence-corrected chi connectivity index (χ4v) is 3.61. The highest BCUT2D eigenvalue weighted by molar-refractivity contribution is 6.05. The van der Waals surface area contributed by atoms with Crippen molar-refractivity contribution in [3.8, 4) is 5.75 Å². The third-order valence-electron chi connectivity index (χ3n) is 5.11. The van der Waals surface area contributed by atoms with Crippen LogP contribution in [0.25, 0.3) is 21.9 Å². The van der Waals surface area contributed by atoms with Gasteiger partial charge in [0.15, 0.2) is 0 Å². The molecule has 4 aromatic rings. The van der Waals surface area contributed by atoms with Gasteiger partial charge in [0.2, 0.25) is 0 Å². The molecule has 1 aromatic heterocycles. The van der Waals surface area contributed by atoms with Crippen LogP contribution < -0.4 is 9.64 Å². The first kappa shape index (κ1) is 18.5. The largest absolute Gasteiger partial charge is 0.491 e. The summed E-state index contributed by atoms with van der Waals surface area (Å²) in [5.74, 6) is 0.749. The maximum atomic E-state index is 10.5. The van der Waals surface area contributed by atoms with Crippen molar-refractivity contribution in [2.75, 3.05) is 19.7 Å². The molecule has 0 saturated carbocycles. The van der Waals surface area contributed by atoms with Crippen molar-refractivity contribution in [1.82, 2.24) is 0 Å². The molecular formula is C24H26NO3+. The summed E-state index contributed by atoms with van der Waals surface area (Å²) in [7, 11) is 0. The Morgan fingerprint density at radius 3 is 2.50 bits per heavy atom. The van der Waals surface area contributed by atoms with Gasteiger partial charge >= 0.3 is 0 Å². The topological polar surface area (TPSA) is 47.0 Å². The van der Waals surface area contributed by atoms with Gasteiger partial charge in [-0.2, -0.15) is 0 Å². The van der Waals surface area contributed by atoms with Gasteiger partial charge in [-0.05, 0) is 31.2 Å². The highest BCUT2D eigenvalue weighted by atomic mass is 16.5. The van der Waals surface area contributed by atoms with Crippen LogP contribution >= 0.6 is 0 Å². The third kappa shape index (κ3) is 4.19. The lowest BCUT2D eigenvalue weighted by atomic mass is 10.1. The van der Waals surface area contributed by atoms with Crippen molar-refractivity contribution in [1.29, 1.82) is 0 Å². The number of para-hydroxylation sites is 1. The summed E-state index contributed by atoms with van der Waals surface area (Å²) in [4.78, 5) is 1.33. The minimum Gasteiger partial charge on any atom is -0.491 e. The van der Waals surface area contributed by atoms with Gasteiger partial charge in [0, 0.05) is 16.3 Å². The van der Waals surface area contributed by atoms with Crippen molar-refractivity contribution in [2.45, 2.75) is 19.6 Å². The van der Waals surface area contributed by atoms with Crippen LogP contribution in [0.3, 0.4) is 0 Å². The van der Waals surface area contributed by atoms with Crippen molar-refractivity contribution < 1.29 is 19.2 Å². The Labute approximate surface area is 165 Å². The highest BCUT2D eigenvalue weighted by Gasteiger charge is 2.15. The molecule has 3 aromatic carbocycles. The lowest BCUT2D eigenvalue weighted by molar-refractivity contribution is -0.915. The minimum absolute atomic E-state index is 0.277. The number of rotatable bonds is 8. The Bertz CT molecular complexity index is 1040. The summed E-state index contributed by atoms with van der Waals surface area (Å²) in [5.41, 5.74) is 3.00. The fraction of sp³-hybridized carbons (Fsp3) is 0.250. The third-order valence-corrected chi connectivity index (χ3v) is 5.11. The lowest BCUT2D eigenvalue weighted by Crippen LogP contribution is -3.11. The number of benzene rings is 3. The van der Waals surface area contributed by atoms with Crippen LogP contribution in [0.5, 0.6) is 5.75 Å². The van der Waals surface area contributed by atoms with Crippen LogP contribution in [0.2, 0.25) is 0 Å². The van der Waals surface area contributed by atoms with Crippen molar-refractivity contribution in [2.24, 2.45) is 0 Å². The Balaban J connectivity index is 1.38. The van der Waals surface area contributed by atoms with Crippen LogP contribution in [0.4, 0.5) is 0 Å². The molecule has 0 aliphatic rings. The van der Waals surface area contributed by atoms with Gasteiger partial charge in [-0.3, -0.25) is 0 Å². The first-order chi connectivity index (χ1) is 13.7. The number of fused-ring (bicyclic) bond motifs is 3. The summed E-state index contributed by atoms with van der Waals surface area (Å²) >= 11 is 0. The van der Waals surface area contributed by atoms with Gasteiger partial charge in [-0.25, -0.2) is 0 Å². The Morgan fingerprint density at radius 1 is 0.929 bits per heavy atom. The van der Waals surface area contributed by atoms with Gasteiger partial charge in [0.05, 0.1) is 6.54 Å². The van der Waals surface area contributed by atoms with Crippen LogP contribution in [0.15, 0.2) is 77.2 Å². The number of likely N-dealkylation sites (N-methyl/N-ethyl adjacent to an activating group) is 1. The number of aliphatic hydroxyl groups excluding tert-OH is 1. The molecule has 1 heterocycles. The summed E-state index contributed by atoms with van der Waals surface area (Å²) in [6, 6.07) is 24.2. The first-order valence-electron chi connectivity index (χ1n) is 9.82. The molecule has 2 N–H and O–H groups in total. The van der Waals surface area contributed by atoms with Gasteiger partial charge in [-0.15, -0.1) is 0 Å². The summed E-state index contributed by atoms with van der Waals surface area (Å²) in [5, 5.41) is 12.6. The zero-order chi connectivity index (χ0) is 19.3. The van der Waals surface area contributed by atoms with E-state index in [1.54, 1.807) is 0 Å². The number of quaternary nitrogens is 1. The maximum Gasteiger partial charge on any atom is 0.137 e. The molecular weight excluding hydrogens is 350 g/mol. The molecule has 0 amide bonds. The molecule has 0 radical (unpaired) electrons. The Morgan fingerprint density at radius 2 is 1.68 bits per heavy atom. The van der Waals surface area contributed by atoms with Crippen molar-refractivity contribution in [3.05, 3.63) is 78.4 Å². The van der Waals surface area contributed by atoms with E-state index in [1.807, 2.05) is 48.5 Å². The summed E-state index contributed by atoms with van der Waals surface area (Å²) in [6.45, 7) is 4.94. The Kier molecular flexibility index (Phi) is 5.60. The molecule has 0 fully saturated rings. The number of hydrogen-bond acceptors (Lipinski definition) is 3. The van der Waals surface area contributed by atoms with E-state index in [-0.39, 0.29) is 6.61 Å². The quantitative estimate of drug-likeness (QED) is 0.495. The second kappa shape index (κ2) is 8.46. The van der Waals surface area contributed by atoms with E-state index in [0.717, 1.165) is 40.8 Å². The average Bonchev–Trinajstić information content (AvgIpc) is 3.10. The molecule has 0 saturated heterocycles. The van der Waals surface area contributed by atoms with E-state index in [0.29, 0.717) is 6.54 Å². The number of nitrogens with one attached hydrogen (secondary N) is 1. The molecule has 0 bridgehead atoms. The molecule has 4 heteroatoms. The molecule has 4 nitrogen and oxygen atoms in total. The average molecular weight is 376 g/mol. The molecule has 28 heavy (non-hydrogen) atoms. The molecule has 0 spiro atoms. The summed E-state index contributed by atoms with van der Waals surface area (Å²) in [6.07, 6.45) is -0.518. The molecule has 1 unspecified atom stereocenters. The zero-order valence-electron chi connectivity index (χ0n) is 16.1. The minimum atomic E-state index is -0.518. The molecule has 4 rings (SSSR count). The zero-order valence-corrected chi connectivity index (χ0v) is 16.1. The predicted octanol–water partition coefficient (Wildman–Crippen LogP) is 3.43. The second-order valence-corrected chi connectivity index (χ2v) is 7.19. The summed E-state index contributed by atoms with van der Waals surface area (Å²) < 4.78 is 11.7. The van der Waals surface area contributed by atoms with E-state index in [9.17, 15) is 5.11 Å². The number of ether oxygens (including phenoxy) is 1. The van der Waals surface area contributed by atoms with Crippen LogP contribution in [0, 0.1) is 0 Å². The Hall–Kier alpha value is -2.82. The van der Waals surface area contributed by atoms with Gasteiger partial charge in [-0.1, -0.05) is 48.5 Å². The number of furan rings is 1. The van der Waals surface area contributed by atoms with E-state index in [4.69, 9.17) is 9.15 Å². The van der Waals surface area contributed by atoms with E-state index in [1.165, 1.54) is 10.5 Å². The van der Waals surface area contributed by atoms with Gasteiger partial charge in [0.1, 0.15) is 42.7 Å². The van der Waals surface area contributed by atoms with Crippen LogP contribution in [-0.4, -0.2) is 30.9 Å². The predicted molar refractivity (Wildman–Crippen MR) is 112 cm³/mol. The van der Waals surface area contributed by atoms with Crippen LogP contribution in [0.1, 0.15) is 12.5 Å². The monoisotopic (exact) mass is 376 g/mol. The normalized spacial score (nSPS) is 13.6. The smallest absolute Gasteiger partial charge is 0.137 e. The van der Waals surface area contributed by atoms with E-state index in [2.05, 4.69) is 31.2 Å². The van der Waals surface area contributed by atoms with Crippen molar-refractivity contribution in [3.63, 3.8) is 0 Å². The maximum absolute atomic E-state index is 10.5. The lowest BCUT2D eigenvalue weighted by Gasteiger charge is -2.21.